The molecule has 1 aromatic rings. The Morgan fingerprint density at radius 2 is 1.86 bits per heavy atom. The lowest BCUT2D eigenvalue weighted by Crippen LogP contribution is -2.43. The van der Waals surface area contributed by atoms with E-state index in [1.807, 2.05) is 19.2 Å². The molecule has 0 spiro atoms. The lowest BCUT2D eigenvalue weighted by Gasteiger charge is -2.30. The molecule has 28 heavy (non-hydrogen) atoms. The van der Waals surface area contributed by atoms with Gasteiger partial charge in [-0.25, -0.2) is 0 Å². The van der Waals surface area contributed by atoms with E-state index >= 15 is 0 Å². The third-order valence-corrected chi connectivity index (χ3v) is 5.48. The SMILES string of the molecule is CN=C(NCc1cccc(OCCCOC)c1)NCC1(CCOC)CCCC1. The second-order valence-corrected chi connectivity index (χ2v) is 7.57. The number of rotatable bonds is 12. The summed E-state index contributed by atoms with van der Waals surface area (Å²) in [5, 5.41) is 6.95. The van der Waals surface area contributed by atoms with E-state index in [2.05, 4.69) is 27.8 Å². The quantitative estimate of drug-likeness (QED) is 0.325. The highest BCUT2D eigenvalue weighted by molar-refractivity contribution is 5.79. The minimum Gasteiger partial charge on any atom is -0.493 e. The molecule has 0 aliphatic heterocycles. The average molecular weight is 392 g/mol. The number of ether oxygens (including phenoxy) is 3. The molecule has 158 valence electrons. The van der Waals surface area contributed by atoms with Gasteiger partial charge >= 0.3 is 0 Å². The van der Waals surface area contributed by atoms with E-state index in [0.717, 1.165) is 44.3 Å². The molecule has 0 bridgehead atoms. The lowest BCUT2D eigenvalue weighted by molar-refractivity contribution is 0.138. The Kier molecular flexibility index (Phi) is 10.1. The Balaban J connectivity index is 1.80. The molecule has 0 saturated heterocycles. The first-order chi connectivity index (χ1) is 13.7. The van der Waals surface area contributed by atoms with E-state index in [1.54, 1.807) is 14.2 Å². The van der Waals surface area contributed by atoms with E-state index in [-0.39, 0.29) is 0 Å². The molecule has 0 atom stereocenters. The maximum Gasteiger partial charge on any atom is 0.191 e. The van der Waals surface area contributed by atoms with Crippen LogP contribution >= 0.6 is 0 Å². The summed E-state index contributed by atoms with van der Waals surface area (Å²) in [6.45, 7) is 3.86. The van der Waals surface area contributed by atoms with Gasteiger partial charge in [0.2, 0.25) is 0 Å². The highest BCUT2D eigenvalue weighted by Gasteiger charge is 2.33. The molecule has 0 radical (unpaired) electrons. The van der Waals surface area contributed by atoms with Gasteiger partial charge in [0.15, 0.2) is 5.96 Å². The maximum absolute atomic E-state index is 5.78. The van der Waals surface area contributed by atoms with Crippen molar-refractivity contribution >= 4 is 5.96 Å². The fraction of sp³-hybridized carbons (Fsp3) is 0.682. The Labute approximate surface area is 170 Å². The van der Waals surface area contributed by atoms with E-state index < -0.39 is 0 Å². The molecule has 6 nitrogen and oxygen atoms in total. The molecular weight excluding hydrogens is 354 g/mol. The van der Waals surface area contributed by atoms with Crippen LogP contribution in [0.1, 0.15) is 44.1 Å². The molecule has 1 aliphatic rings. The van der Waals surface area contributed by atoms with Crippen molar-refractivity contribution in [3.05, 3.63) is 29.8 Å². The summed E-state index contributed by atoms with van der Waals surface area (Å²) in [7, 11) is 5.31. The number of guanidine groups is 1. The van der Waals surface area contributed by atoms with Crippen LogP contribution in [0.15, 0.2) is 29.3 Å². The van der Waals surface area contributed by atoms with Crippen LogP contribution in [0, 0.1) is 5.41 Å². The number of hydrogen-bond donors (Lipinski definition) is 2. The van der Waals surface area contributed by atoms with Crippen molar-refractivity contribution in [2.24, 2.45) is 10.4 Å². The zero-order valence-electron chi connectivity index (χ0n) is 17.8. The maximum atomic E-state index is 5.78. The Morgan fingerprint density at radius 1 is 1.07 bits per heavy atom. The normalized spacial score (nSPS) is 16.2. The predicted octanol–water partition coefficient (Wildman–Crippen LogP) is 3.36. The van der Waals surface area contributed by atoms with Gasteiger partial charge in [0.05, 0.1) is 6.61 Å². The van der Waals surface area contributed by atoms with Gasteiger partial charge in [0.1, 0.15) is 5.75 Å². The van der Waals surface area contributed by atoms with Gasteiger partial charge in [-0.3, -0.25) is 4.99 Å². The molecule has 0 amide bonds. The van der Waals surface area contributed by atoms with Crippen LogP contribution in [-0.2, 0) is 16.0 Å². The van der Waals surface area contributed by atoms with Gasteiger partial charge in [-0.05, 0) is 42.4 Å². The summed E-state index contributed by atoms with van der Waals surface area (Å²) in [5.74, 6) is 1.73. The number of nitrogens with one attached hydrogen (secondary N) is 2. The number of benzene rings is 1. The van der Waals surface area contributed by atoms with Crippen molar-refractivity contribution in [2.45, 2.75) is 45.1 Å². The van der Waals surface area contributed by atoms with Crippen LogP contribution in [0.3, 0.4) is 0 Å². The predicted molar refractivity (Wildman–Crippen MR) is 114 cm³/mol. The highest BCUT2D eigenvalue weighted by Crippen LogP contribution is 2.40. The standard InChI is InChI=1S/C22H37N3O3/c1-23-21(25-18-22(12-15-27-3)10-4-5-11-22)24-17-19-8-6-9-20(16-19)28-14-7-13-26-2/h6,8-9,16H,4-5,7,10-15,17-18H2,1-3H3,(H2,23,24,25). The van der Waals surface area contributed by atoms with Crippen LogP contribution in [0.25, 0.3) is 0 Å². The van der Waals surface area contributed by atoms with Gasteiger partial charge in [0.25, 0.3) is 0 Å². The minimum atomic E-state index is 0.337. The fourth-order valence-corrected chi connectivity index (χ4v) is 3.77. The monoisotopic (exact) mass is 391 g/mol. The minimum absolute atomic E-state index is 0.337. The number of methoxy groups -OCH3 is 2. The summed E-state index contributed by atoms with van der Waals surface area (Å²) >= 11 is 0. The molecular formula is C22H37N3O3. The second-order valence-electron chi connectivity index (χ2n) is 7.57. The largest absolute Gasteiger partial charge is 0.493 e. The topological polar surface area (TPSA) is 64.1 Å². The Bertz CT molecular complexity index is 586. The molecule has 1 fully saturated rings. The van der Waals surface area contributed by atoms with Gasteiger partial charge in [-0.2, -0.15) is 0 Å². The third-order valence-electron chi connectivity index (χ3n) is 5.48. The lowest BCUT2D eigenvalue weighted by atomic mass is 9.83. The van der Waals surface area contributed by atoms with Gasteiger partial charge in [0, 0.05) is 54.0 Å². The third kappa shape index (κ3) is 7.68. The first-order valence-electron chi connectivity index (χ1n) is 10.4. The second kappa shape index (κ2) is 12.6. The molecule has 1 saturated carbocycles. The molecule has 1 aromatic carbocycles. The van der Waals surface area contributed by atoms with E-state index in [0.29, 0.717) is 18.6 Å². The summed E-state index contributed by atoms with van der Waals surface area (Å²) < 4.78 is 16.2. The van der Waals surface area contributed by atoms with E-state index in [4.69, 9.17) is 14.2 Å². The van der Waals surface area contributed by atoms with Crippen molar-refractivity contribution < 1.29 is 14.2 Å². The van der Waals surface area contributed by atoms with E-state index in [1.165, 1.54) is 31.2 Å². The van der Waals surface area contributed by atoms with Crippen molar-refractivity contribution in [1.82, 2.24) is 10.6 Å². The van der Waals surface area contributed by atoms with Gasteiger partial charge in [-0.15, -0.1) is 0 Å². The Morgan fingerprint density at radius 3 is 2.57 bits per heavy atom. The number of nitrogens with zero attached hydrogens (tertiary/aromatic N) is 1. The van der Waals surface area contributed by atoms with Crippen molar-refractivity contribution in [3.8, 4) is 5.75 Å². The summed E-state index contributed by atoms with van der Waals surface area (Å²) in [5.41, 5.74) is 1.51. The van der Waals surface area contributed by atoms with Crippen LogP contribution in [0.4, 0.5) is 0 Å². The summed E-state index contributed by atoms with van der Waals surface area (Å²) in [4.78, 5) is 4.39. The molecule has 6 heteroatoms. The van der Waals surface area contributed by atoms with Crippen LogP contribution in [0.2, 0.25) is 0 Å². The molecule has 0 aromatic heterocycles. The molecule has 1 aliphatic carbocycles. The fourth-order valence-electron chi connectivity index (χ4n) is 3.77. The smallest absolute Gasteiger partial charge is 0.191 e. The Hall–Kier alpha value is -1.79. The van der Waals surface area contributed by atoms with Crippen molar-refractivity contribution in [2.75, 3.05) is 47.6 Å². The van der Waals surface area contributed by atoms with Crippen molar-refractivity contribution in [1.29, 1.82) is 0 Å². The zero-order valence-corrected chi connectivity index (χ0v) is 17.8. The molecule has 2 rings (SSSR count). The summed E-state index contributed by atoms with van der Waals surface area (Å²) in [6, 6.07) is 8.18. The van der Waals surface area contributed by atoms with E-state index in [9.17, 15) is 0 Å². The zero-order chi connectivity index (χ0) is 20.1. The van der Waals surface area contributed by atoms with Gasteiger partial charge in [-0.1, -0.05) is 25.0 Å². The first-order valence-corrected chi connectivity index (χ1v) is 10.4. The molecule has 0 unspecified atom stereocenters. The van der Waals surface area contributed by atoms with Crippen LogP contribution in [-0.4, -0.2) is 53.6 Å². The van der Waals surface area contributed by atoms with Gasteiger partial charge < -0.3 is 24.8 Å². The number of aliphatic imine (C=N–C) groups is 1. The van der Waals surface area contributed by atoms with Crippen LogP contribution < -0.4 is 15.4 Å². The molecule has 2 N–H and O–H groups in total. The van der Waals surface area contributed by atoms with Crippen LogP contribution in [0.5, 0.6) is 5.75 Å². The van der Waals surface area contributed by atoms with Crippen molar-refractivity contribution in [3.63, 3.8) is 0 Å². The first kappa shape index (κ1) is 22.5. The number of hydrogen-bond acceptors (Lipinski definition) is 4. The highest BCUT2D eigenvalue weighted by atomic mass is 16.5. The average Bonchev–Trinajstić information content (AvgIpc) is 3.19. The summed E-state index contributed by atoms with van der Waals surface area (Å²) in [6.07, 6.45) is 7.16. The molecule has 0 heterocycles.